The zero-order valence-electron chi connectivity index (χ0n) is 11.0. The zero-order valence-corrected chi connectivity index (χ0v) is 13.4. The van der Waals surface area contributed by atoms with Gasteiger partial charge in [0.25, 0.3) is 0 Å². The highest BCUT2D eigenvalue weighted by molar-refractivity contribution is 9.10. The largest absolute Gasteiger partial charge is 0.491 e. The molecule has 4 nitrogen and oxygen atoms in total. The van der Waals surface area contributed by atoms with E-state index >= 15 is 0 Å². The molecule has 110 valence electrons. The standard InChI is InChI=1S/C15H13BrO4S/c16-11-1-5-14(6-2-11)21(17,18)15-7-3-12(4-8-15)19-9-13-10-20-13/h1-8,13H,9-10H2. The molecule has 1 fully saturated rings. The highest BCUT2D eigenvalue weighted by atomic mass is 79.9. The third-order valence-electron chi connectivity index (χ3n) is 3.10. The molecule has 1 atom stereocenters. The summed E-state index contributed by atoms with van der Waals surface area (Å²) in [5, 5.41) is 0. The number of hydrogen-bond acceptors (Lipinski definition) is 4. The maximum atomic E-state index is 12.5. The first-order chi connectivity index (χ1) is 10.1. The van der Waals surface area contributed by atoms with Gasteiger partial charge >= 0.3 is 0 Å². The predicted molar refractivity (Wildman–Crippen MR) is 81.3 cm³/mol. The summed E-state index contributed by atoms with van der Waals surface area (Å²) in [7, 11) is -3.49. The Morgan fingerprint density at radius 2 is 1.57 bits per heavy atom. The summed E-state index contributed by atoms with van der Waals surface area (Å²) in [6.07, 6.45) is 0.177. The van der Waals surface area contributed by atoms with Crippen LogP contribution in [0.15, 0.2) is 62.8 Å². The van der Waals surface area contributed by atoms with Crippen molar-refractivity contribution in [3.8, 4) is 5.75 Å². The van der Waals surface area contributed by atoms with E-state index in [0.717, 1.165) is 11.1 Å². The van der Waals surface area contributed by atoms with Crippen LogP contribution in [-0.2, 0) is 14.6 Å². The number of ether oxygens (including phenoxy) is 2. The Labute approximate surface area is 131 Å². The van der Waals surface area contributed by atoms with Gasteiger partial charge in [0.15, 0.2) is 0 Å². The molecule has 0 spiro atoms. The summed E-state index contributed by atoms with van der Waals surface area (Å²) in [5.41, 5.74) is 0. The summed E-state index contributed by atoms with van der Waals surface area (Å²) in [6.45, 7) is 1.23. The Morgan fingerprint density at radius 1 is 1.05 bits per heavy atom. The minimum atomic E-state index is -3.49. The molecule has 0 bridgehead atoms. The minimum Gasteiger partial charge on any atom is -0.491 e. The topological polar surface area (TPSA) is 55.9 Å². The molecule has 2 aromatic carbocycles. The lowest BCUT2D eigenvalue weighted by molar-refractivity contribution is 0.263. The van der Waals surface area contributed by atoms with Gasteiger partial charge in [-0.05, 0) is 48.5 Å². The molecule has 1 saturated heterocycles. The van der Waals surface area contributed by atoms with Gasteiger partial charge in [-0.3, -0.25) is 0 Å². The zero-order chi connectivity index (χ0) is 14.9. The van der Waals surface area contributed by atoms with Crippen LogP contribution < -0.4 is 4.74 Å². The molecule has 0 saturated carbocycles. The van der Waals surface area contributed by atoms with Gasteiger partial charge in [-0.15, -0.1) is 0 Å². The van der Waals surface area contributed by atoms with Crippen molar-refractivity contribution >= 4 is 25.8 Å². The summed E-state index contributed by atoms with van der Waals surface area (Å²) in [4.78, 5) is 0.519. The smallest absolute Gasteiger partial charge is 0.206 e. The normalized spacial score (nSPS) is 17.5. The summed E-state index contributed by atoms with van der Waals surface area (Å²) in [5.74, 6) is 0.639. The highest BCUT2D eigenvalue weighted by Gasteiger charge is 2.23. The molecule has 1 aliphatic heterocycles. The average molecular weight is 369 g/mol. The van der Waals surface area contributed by atoms with Crippen molar-refractivity contribution < 1.29 is 17.9 Å². The van der Waals surface area contributed by atoms with Crippen molar-refractivity contribution in [2.24, 2.45) is 0 Å². The van der Waals surface area contributed by atoms with E-state index < -0.39 is 9.84 Å². The lowest BCUT2D eigenvalue weighted by Crippen LogP contribution is -2.05. The van der Waals surface area contributed by atoms with Gasteiger partial charge in [0.05, 0.1) is 16.4 Å². The van der Waals surface area contributed by atoms with Crippen LogP contribution in [0.5, 0.6) is 5.75 Å². The molecule has 0 amide bonds. The van der Waals surface area contributed by atoms with E-state index in [-0.39, 0.29) is 15.9 Å². The Morgan fingerprint density at radius 3 is 2.10 bits per heavy atom. The molecule has 6 heteroatoms. The lowest BCUT2D eigenvalue weighted by Gasteiger charge is -2.07. The molecule has 0 N–H and O–H groups in total. The predicted octanol–water partition coefficient (Wildman–Crippen LogP) is 3.06. The first-order valence-corrected chi connectivity index (χ1v) is 8.68. The van der Waals surface area contributed by atoms with Crippen LogP contribution in [-0.4, -0.2) is 27.7 Å². The highest BCUT2D eigenvalue weighted by Crippen LogP contribution is 2.24. The van der Waals surface area contributed by atoms with Crippen molar-refractivity contribution in [3.63, 3.8) is 0 Å². The van der Waals surface area contributed by atoms with Crippen molar-refractivity contribution in [1.29, 1.82) is 0 Å². The summed E-state index contributed by atoms with van der Waals surface area (Å²) < 4.78 is 36.3. The fraction of sp³-hybridized carbons (Fsp3) is 0.200. The van der Waals surface area contributed by atoms with Gasteiger partial charge in [0.1, 0.15) is 18.5 Å². The number of sulfone groups is 1. The monoisotopic (exact) mass is 368 g/mol. The van der Waals surface area contributed by atoms with Crippen LogP contribution in [0, 0.1) is 0 Å². The molecule has 0 aliphatic carbocycles. The fourth-order valence-electron chi connectivity index (χ4n) is 1.82. The Hall–Kier alpha value is -1.37. The third-order valence-corrected chi connectivity index (χ3v) is 5.41. The van der Waals surface area contributed by atoms with Crippen molar-refractivity contribution in [2.75, 3.05) is 13.2 Å². The van der Waals surface area contributed by atoms with Gasteiger partial charge in [-0.1, -0.05) is 15.9 Å². The maximum Gasteiger partial charge on any atom is 0.206 e. The Bertz CT molecular complexity index is 719. The van der Waals surface area contributed by atoms with Gasteiger partial charge < -0.3 is 9.47 Å². The van der Waals surface area contributed by atoms with Crippen LogP contribution in [0.2, 0.25) is 0 Å². The van der Waals surface area contributed by atoms with E-state index in [0.29, 0.717) is 12.4 Å². The Balaban J connectivity index is 1.79. The SMILES string of the molecule is O=S(=O)(c1ccc(Br)cc1)c1ccc(OCC2CO2)cc1. The maximum absolute atomic E-state index is 12.5. The van der Waals surface area contributed by atoms with Crippen LogP contribution in [0.3, 0.4) is 0 Å². The minimum absolute atomic E-state index is 0.177. The molecule has 2 aromatic rings. The molecule has 3 rings (SSSR count). The van der Waals surface area contributed by atoms with Crippen LogP contribution >= 0.6 is 15.9 Å². The summed E-state index contributed by atoms with van der Waals surface area (Å²) in [6, 6.07) is 13.0. The number of rotatable bonds is 5. The van der Waals surface area contributed by atoms with E-state index in [1.54, 1.807) is 48.5 Å². The third kappa shape index (κ3) is 3.45. The van der Waals surface area contributed by atoms with Gasteiger partial charge in [0, 0.05) is 4.47 Å². The van der Waals surface area contributed by atoms with Crippen molar-refractivity contribution in [2.45, 2.75) is 15.9 Å². The first-order valence-electron chi connectivity index (χ1n) is 6.41. The first kappa shape index (κ1) is 14.6. The number of benzene rings is 2. The van der Waals surface area contributed by atoms with E-state index in [4.69, 9.17) is 9.47 Å². The van der Waals surface area contributed by atoms with Crippen LogP contribution in [0.25, 0.3) is 0 Å². The molecule has 1 unspecified atom stereocenters. The summed E-state index contributed by atoms with van der Waals surface area (Å²) >= 11 is 3.29. The molecular formula is C15H13BrO4S. The average Bonchev–Trinajstić information content (AvgIpc) is 3.30. The number of hydrogen-bond donors (Lipinski definition) is 0. The van der Waals surface area contributed by atoms with Gasteiger partial charge in [-0.2, -0.15) is 0 Å². The van der Waals surface area contributed by atoms with Crippen LogP contribution in [0.1, 0.15) is 0 Å². The van der Waals surface area contributed by atoms with Crippen molar-refractivity contribution in [3.05, 3.63) is 53.0 Å². The van der Waals surface area contributed by atoms with Crippen molar-refractivity contribution in [1.82, 2.24) is 0 Å². The van der Waals surface area contributed by atoms with Gasteiger partial charge in [0.2, 0.25) is 9.84 Å². The van der Waals surface area contributed by atoms with Gasteiger partial charge in [-0.25, -0.2) is 8.42 Å². The van der Waals surface area contributed by atoms with E-state index in [1.165, 1.54) is 0 Å². The Kier molecular flexibility index (Phi) is 4.01. The second-order valence-corrected chi connectivity index (χ2v) is 7.56. The van der Waals surface area contributed by atoms with Crippen LogP contribution in [0.4, 0.5) is 0 Å². The number of epoxide rings is 1. The molecule has 1 aliphatic rings. The second kappa shape index (κ2) is 5.79. The number of halogens is 1. The fourth-order valence-corrected chi connectivity index (χ4v) is 3.34. The van der Waals surface area contributed by atoms with E-state index in [1.807, 2.05) is 0 Å². The van der Waals surface area contributed by atoms with E-state index in [2.05, 4.69) is 15.9 Å². The van der Waals surface area contributed by atoms with E-state index in [9.17, 15) is 8.42 Å². The molecule has 21 heavy (non-hydrogen) atoms. The molecular weight excluding hydrogens is 356 g/mol. The molecule has 1 heterocycles. The lowest BCUT2D eigenvalue weighted by atomic mass is 10.3. The second-order valence-electron chi connectivity index (χ2n) is 4.70. The quantitative estimate of drug-likeness (QED) is 0.761. The molecule has 0 aromatic heterocycles. The molecule has 0 radical (unpaired) electrons.